The fourth-order valence-electron chi connectivity index (χ4n) is 5.19. The maximum Gasteiger partial charge on any atom is 0.256 e. The molecule has 6 rings (SSSR count). The predicted octanol–water partition coefficient (Wildman–Crippen LogP) is 5.62. The van der Waals surface area contributed by atoms with Crippen molar-refractivity contribution < 1.29 is 9.18 Å². The second-order valence-electron chi connectivity index (χ2n) is 10.1. The number of fused-ring (bicyclic) bond motifs is 1. The van der Waals surface area contributed by atoms with Crippen molar-refractivity contribution in [1.82, 2.24) is 24.6 Å². The summed E-state index contributed by atoms with van der Waals surface area (Å²) in [4.78, 5) is 24.2. The van der Waals surface area contributed by atoms with Gasteiger partial charge in [-0.05, 0) is 56.2 Å². The summed E-state index contributed by atoms with van der Waals surface area (Å²) in [5.41, 5.74) is 4.17. The lowest BCUT2D eigenvalue weighted by Gasteiger charge is -2.18. The van der Waals surface area contributed by atoms with E-state index in [1.54, 1.807) is 17.1 Å². The number of aromatic nitrogens is 4. The molecule has 8 heteroatoms. The van der Waals surface area contributed by atoms with Gasteiger partial charge in [-0.25, -0.2) is 9.37 Å². The third kappa shape index (κ3) is 4.00. The minimum atomic E-state index is -1.18. The van der Waals surface area contributed by atoms with E-state index in [2.05, 4.69) is 15.1 Å². The van der Waals surface area contributed by atoms with E-state index >= 15 is 4.39 Å². The molecule has 2 fully saturated rings. The molecule has 1 aliphatic heterocycles. The number of hydrogen-bond acceptors (Lipinski definition) is 4. The molecule has 0 aromatic carbocycles. The van der Waals surface area contributed by atoms with Gasteiger partial charge in [0.25, 0.3) is 5.91 Å². The number of hydrogen-bond donors (Lipinski definition) is 0. The third-order valence-electron chi connectivity index (χ3n) is 7.32. The summed E-state index contributed by atoms with van der Waals surface area (Å²) in [6, 6.07) is 3.86. The first-order valence-electron chi connectivity index (χ1n) is 12.1. The number of pyridine rings is 2. The summed E-state index contributed by atoms with van der Waals surface area (Å²) in [5.74, 6) is 0.666. The Kier molecular flexibility index (Phi) is 5.21. The van der Waals surface area contributed by atoms with E-state index in [9.17, 15) is 4.79 Å². The third-order valence-corrected chi connectivity index (χ3v) is 7.70. The zero-order chi connectivity index (χ0) is 23.4. The Labute approximate surface area is 203 Å². The Morgan fingerprint density at radius 3 is 2.71 bits per heavy atom. The van der Waals surface area contributed by atoms with E-state index in [0.717, 1.165) is 47.3 Å². The van der Waals surface area contributed by atoms with E-state index < -0.39 is 5.67 Å². The average Bonchev–Trinajstić information content (AvgIpc) is 3.19. The van der Waals surface area contributed by atoms with Crippen LogP contribution in [0.3, 0.4) is 0 Å². The molecule has 34 heavy (non-hydrogen) atoms. The molecule has 4 heterocycles. The molecule has 6 nitrogen and oxygen atoms in total. The van der Waals surface area contributed by atoms with Gasteiger partial charge in [0.2, 0.25) is 0 Å². The molecule has 3 aromatic rings. The zero-order valence-electron chi connectivity index (χ0n) is 19.2. The highest BCUT2D eigenvalue weighted by molar-refractivity contribution is 6.30. The molecule has 176 valence electrons. The minimum absolute atomic E-state index is 0.0358. The second kappa shape index (κ2) is 8.15. The van der Waals surface area contributed by atoms with Gasteiger partial charge in [-0.1, -0.05) is 24.4 Å². The van der Waals surface area contributed by atoms with Crippen molar-refractivity contribution in [2.75, 3.05) is 6.54 Å². The maximum atomic E-state index is 15.0. The molecule has 0 saturated heterocycles. The van der Waals surface area contributed by atoms with E-state index in [0.29, 0.717) is 41.7 Å². The van der Waals surface area contributed by atoms with Crippen LogP contribution in [0.15, 0.2) is 30.7 Å². The van der Waals surface area contributed by atoms with Crippen LogP contribution < -0.4 is 0 Å². The maximum absolute atomic E-state index is 15.0. The largest absolute Gasteiger partial charge is 0.332 e. The van der Waals surface area contributed by atoms with Gasteiger partial charge in [0.05, 0.1) is 36.2 Å². The molecule has 3 aliphatic rings. The molecule has 1 amide bonds. The second-order valence-corrected chi connectivity index (χ2v) is 10.5. The molecular formula is C26H27ClFN5O. The Bertz CT molecular complexity index is 1280. The van der Waals surface area contributed by atoms with Gasteiger partial charge in [-0.15, -0.1) is 0 Å². The van der Waals surface area contributed by atoms with Crippen LogP contribution in [0.1, 0.15) is 60.1 Å². The first-order chi connectivity index (χ1) is 16.4. The van der Waals surface area contributed by atoms with Crippen molar-refractivity contribution in [2.45, 2.75) is 64.2 Å². The van der Waals surface area contributed by atoms with E-state index in [1.807, 2.05) is 30.2 Å². The van der Waals surface area contributed by atoms with Crippen molar-refractivity contribution in [3.8, 4) is 22.4 Å². The van der Waals surface area contributed by atoms with Crippen LogP contribution in [0.5, 0.6) is 0 Å². The first-order valence-corrected chi connectivity index (χ1v) is 12.4. The van der Waals surface area contributed by atoms with Crippen LogP contribution in [0.4, 0.5) is 4.39 Å². The van der Waals surface area contributed by atoms with Crippen LogP contribution in [0.2, 0.25) is 5.15 Å². The number of alkyl halides is 1. The summed E-state index contributed by atoms with van der Waals surface area (Å²) in [7, 11) is 0. The molecule has 2 aliphatic carbocycles. The van der Waals surface area contributed by atoms with Gasteiger partial charge in [-0.2, -0.15) is 5.10 Å². The summed E-state index contributed by atoms with van der Waals surface area (Å²) in [6.45, 7) is 3.54. The normalized spacial score (nSPS) is 19.1. The van der Waals surface area contributed by atoms with E-state index in [1.165, 1.54) is 12.8 Å². The molecule has 0 atom stereocenters. The zero-order valence-corrected chi connectivity index (χ0v) is 20.0. The summed E-state index contributed by atoms with van der Waals surface area (Å²) >= 11 is 6.42. The van der Waals surface area contributed by atoms with Gasteiger partial charge in [-0.3, -0.25) is 14.5 Å². The van der Waals surface area contributed by atoms with Gasteiger partial charge in [0.15, 0.2) is 0 Å². The number of halogens is 2. The van der Waals surface area contributed by atoms with Crippen molar-refractivity contribution >= 4 is 17.5 Å². The topological polar surface area (TPSA) is 63.9 Å². The predicted molar refractivity (Wildman–Crippen MR) is 128 cm³/mol. The molecule has 0 N–H and O–H groups in total. The lowest BCUT2D eigenvalue weighted by atomic mass is 10.00. The smallest absolute Gasteiger partial charge is 0.256 e. The standard InChI is InChI=1S/C26H27ClFN5O/c1-16-8-20(19-11-30-33(13-19)15-26(28)6-2-3-7-26)23(31-24(16)27)18-9-21-22(29-10-18)14-32(25(21)34)12-17-4-5-17/h8-11,13,17H,2-7,12,14-15H2,1H3. The average molecular weight is 480 g/mol. The summed E-state index contributed by atoms with van der Waals surface area (Å²) in [5, 5.41) is 4.85. The molecule has 0 bridgehead atoms. The van der Waals surface area contributed by atoms with Crippen molar-refractivity contribution in [3.05, 3.63) is 52.7 Å². The fourth-order valence-corrected chi connectivity index (χ4v) is 5.33. The van der Waals surface area contributed by atoms with E-state index in [4.69, 9.17) is 11.6 Å². The van der Waals surface area contributed by atoms with Crippen molar-refractivity contribution in [1.29, 1.82) is 0 Å². The number of amides is 1. The first kappa shape index (κ1) is 21.7. The van der Waals surface area contributed by atoms with Gasteiger partial charge in [0, 0.05) is 35.6 Å². The molecular weight excluding hydrogens is 453 g/mol. The molecule has 3 aromatic heterocycles. The quantitative estimate of drug-likeness (QED) is 0.430. The Balaban J connectivity index is 1.35. The van der Waals surface area contributed by atoms with Gasteiger partial charge < -0.3 is 4.90 Å². The minimum Gasteiger partial charge on any atom is -0.332 e. The van der Waals surface area contributed by atoms with Gasteiger partial charge in [0.1, 0.15) is 10.8 Å². The Morgan fingerprint density at radius 2 is 1.94 bits per heavy atom. The molecule has 0 spiro atoms. The van der Waals surface area contributed by atoms with Crippen LogP contribution in [0.25, 0.3) is 22.4 Å². The lowest BCUT2D eigenvalue weighted by molar-refractivity contribution is 0.0770. The van der Waals surface area contributed by atoms with Gasteiger partial charge >= 0.3 is 0 Å². The van der Waals surface area contributed by atoms with Crippen molar-refractivity contribution in [2.24, 2.45) is 5.92 Å². The van der Waals surface area contributed by atoms with E-state index in [-0.39, 0.29) is 12.5 Å². The highest BCUT2D eigenvalue weighted by Crippen LogP contribution is 2.38. The lowest BCUT2D eigenvalue weighted by Crippen LogP contribution is -2.26. The molecule has 0 unspecified atom stereocenters. The van der Waals surface area contributed by atoms with Crippen LogP contribution in [-0.4, -0.2) is 42.8 Å². The van der Waals surface area contributed by atoms with Crippen LogP contribution in [-0.2, 0) is 13.1 Å². The Hall–Kier alpha value is -2.80. The Morgan fingerprint density at radius 1 is 1.15 bits per heavy atom. The SMILES string of the molecule is Cc1cc(-c2cnn(CC3(F)CCCC3)c2)c(-c2cnc3c(c2)C(=O)N(CC2CC2)C3)nc1Cl. The highest BCUT2D eigenvalue weighted by atomic mass is 35.5. The molecule has 2 saturated carbocycles. The number of aryl methyl sites for hydroxylation is 1. The number of carbonyl (C=O) groups excluding carboxylic acids is 1. The fraction of sp³-hybridized carbons (Fsp3) is 0.462. The summed E-state index contributed by atoms with van der Waals surface area (Å²) < 4.78 is 16.7. The highest BCUT2D eigenvalue weighted by Gasteiger charge is 2.35. The number of carbonyl (C=O) groups is 1. The molecule has 0 radical (unpaired) electrons. The monoisotopic (exact) mass is 479 g/mol. The summed E-state index contributed by atoms with van der Waals surface area (Å²) in [6.07, 6.45) is 10.8. The number of nitrogens with zero attached hydrogens (tertiary/aromatic N) is 5. The van der Waals surface area contributed by atoms with Crippen LogP contribution in [0, 0.1) is 12.8 Å². The van der Waals surface area contributed by atoms with Crippen LogP contribution >= 0.6 is 11.6 Å². The van der Waals surface area contributed by atoms with Crippen molar-refractivity contribution in [3.63, 3.8) is 0 Å². The number of rotatable bonds is 6.